The minimum absolute atomic E-state index is 1.07. The molecule has 0 saturated carbocycles. The van der Waals surface area contributed by atoms with Crippen molar-refractivity contribution < 1.29 is 0 Å². The third-order valence-electron chi connectivity index (χ3n) is 3.48. The van der Waals surface area contributed by atoms with Gasteiger partial charge in [-0.15, -0.1) is 11.3 Å². The Morgan fingerprint density at radius 2 is 1.77 bits per heavy atom. The summed E-state index contributed by atoms with van der Waals surface area (Å²) in [5.41, 5.74) is 3.38. The highest BCUT2D eigenvalue weighted by molar-refractivity contribution is 14.1. The van der Waals surface area contributed by atoms with Crippen molar-refractivity contribution in [1.82, 2.24) is 9.56 Å². The summed E-state index contributed by atoms with van der Waals surface area (Å²) in [6, 6.07) is 8.82. The minimum atomic E-state index is 1.07. The highest BCUT2D eigenvalue weighted by Gasteiger charge is 2.14. The van der Waals surface area contributed by atoms with E-state index in [0.29, 0.717) is 0 Å². The summed E-state index contributed by atoms with van der Waals surface area (Å²) < 4.78 is 5.84. The Morgan fingerprint density at radius 3 is 2.41 bits per heavy atom. The minimum Gasteiger partial charge on any atom is -0.377 e. The van der Waals surface area contributed by atoms with E-state index in [1.165, 1.54) is 27.8 Å². The van der Waals surface area contributed by atoms with Gasteiger partial charge in [0.05, 0.1) is 30.0 Å². The first-order chi connectivity index (χ1) is 10.4. The van der Waals surface area contributed by atoms with Crippen molar-refractivity contribution in [2.45, 2.75) is 0 Å². The van der Waals surface area contributed by atoms with E-state index in [2.05, 4.69) is 107 Å². The first-order valence-electron chi connectivity index (χ1n) is 6.78. The number of halogens is 2. The molecule has 22 heavy (non-hydrogen) atoms. The second-order valence-corrected chi connectivity index (χ2v) is 8.95. The van der Waals surface area contributed by atoms with Crippen molar-refractivity contribution in [2.75, 3.05) is 33.1 Å². The molecule has 3 nitrogen and oxygen atoms in total. The van der Waals surface area contributed by atoms with Crippen LogP contribution in [0.3, 0.4) is 0 Å². The lowest BCUT2D eigenvalue weighted by atomic mass is 10.2. The molecule has 0 fully saturated rings. The van der Waals surface area contributed by atoms with Crippen LogP contribution in [0.1, 0.15) is 0 Å². The Bertz CT molecular complexity index is 911. The fourth-order valence-electron chi connectivity index (χ4n) is 2.34. The summed E-state index contributed by atoms with van der Waals surface area (Å²) in [5.74, 6) is 0. The number of hydrogen-bond donors (Lipinski definition) is 0. The van der Waals surface area contributed by atoms with Crippen molar-refractivity contribution in [3.05, 3.63) is 36.8 Å². The molecule has 0 aromatic heterocycles. The zero-order valence-electron chi connectivity index (χ0n) is 12.8. The molecule has 0 N–H and O–H groups in total. The van der Waals surface area contributed by atoms with Crippen molar-refractivity contribution in [3.63, 3.8) is 0 Å². The molecule has 0 unspecified atom stereocenters. The molecule has 0 amide bonds. The molecule has 0 saturated heterocycles. The number of nitrogens with zero attached hydrogens (tertiary/aromatic N) is 3. The predicted molar refractivity (Wildman–Crippen MR) is 113 cm³/mol. The maximum atomic E-state index is 4.86. The third-order valence-corrected chi connectivity index (χ3v) is 6.30. The van der Waals surface area contributed by atoms with Gasteiger partial charge in [-0.1, -0.05) is 0 Å². The number of rotatable bonds is 1. The van der Waals surface area contributed by atoms with E-state index in [9.17, 15) is 0 Å². The van der Waals surface area contributed by atoms with Crippen molar-refractivity contribution in [2.24, 2.45) is 0 Å². The zero-order valence-corrected chi connectivity index (χ0v) is 17.9. The van der Waals surface area contributed by atoms with Crippen LogP contribution < -0.4 is 14.8 Å². The Balaban J connectivity index is 2.38. The summed E-state index contributed by atoms with van der Waals surface area (Å²) in [6.45, 7) is 0. The van der Waals surface area contributed by atoms with E-state index in [1.807, 2.05) is 11.3 Å². The van der Waals surface area contributed by atoms with Crippen LogP contribution in [-0.4, -0.2) is 33.2 Å². The molecule has 0 atom stereocenters. The fraction of sp³-hybridized carbons (Fsp3) is 0.250. The zero-order chi connectivity index (χ0) is 16.0. The van der Waals surface area contributed by atoms with Gasteiger partial charge in [0.2, 0.25) is 5.36 Å². The molecule has 1 aromatic carbocycles. The quantitative estimate of drug-likeness (QED) is 0.269. The van der Waals surface area contributed by atoms with Crippen LogP contribution in [-0.2, 0) is 0 Å². The van der Waals surface area contributed by atoms with Gasteiger partial charge in [0.25, 0.3) is 0 Å². The molecule has 1 aromatic rings. The van der Waals surface area contributed by atoms with E-state index in [4.69, 9.17) is 4.98 Å². The van der Waals surface area contributed by atoms with Crippen LogP contribution in [0.2, 0.25) is 0 Å². The maximum absolute atomic E-state index is 4.86. The van der Waals surface area contributed by atoms with E-state index < -0.39 is 0 Å². The molecule has 0 radical (unpaired) electrons. The van der Waals surface area contributed by atoms with E-state index in [1.54, 1.807) is 0 Å². The van der Waals surface area contributed by atoms with Gasteiger partial charge in [0, 0.05) is 23.7 Å². The molecule has 6 heteroatoms. The Morgan fingerprint density at radius 1 is 1.05 bits per heavy atom. The number of anilines is 1. The van der Waals surface area contributed by atoms with Gasteiger partial charge in [-0.05, 0) is 63.4 Å². The van der Waals surface area contributed by atoms with Gasteiger partial charge in [0.1, 0.15) is 14.1 Å². The van der Waals surface area contributed by atoms with Crippen molar-refractivity contribution >= 4 is 72.4 Å². The lowest BCUT2D eigenvalue weighted by Crippen LogP contribution is -2.24. The second-order valence-electron chi connectivity index (χ2n) is 5.55. The normalized spacial score (nSPS) is 11.2. The van der Waals surface area contributed by atoms with E-state index in [-0.39, 0.29) is 0 Å². The first-order valence-corrected chi connectivity index (χ1v) is 9.75. The largest absolute Gasteiger partial charge is 0.377 e. The highest BCUT2D eigenvalue weighted by Crippen LogP contribution is 2.34. The average Bonchev–Trinajstić information content (AvgIpc) is 2.43. The van der Waals surface area contributed by atoms with E-state index in [0.717, 1.165) is 11.2 Å². The highest BCUT2D eigenvalue weighted by atomic mass is 127. The number of aromatic nitrogens is 1. The SMILES string of the molecule is CN(C)c1cc2sc3cc(=[N+](C)C)c(I)cc-3nc2cc1I. The lowest BCUT2D eigenvalue weighted by molar-refractivity contribution is 0.809. The average molecular weight is 536 g/mol. The van der Waals surface area contributed by atoms with Gasteiger partial charge >= 0.3 is 0 Å². The molecule has 114 valence electrons. The number of fused-ring (bicyclic) bond motifs is 2. The molecule has 1 aliphatic carbocycles. The Hall–Kier alpha value is -0.480. The summed E-state index contributed by atoms with van der Waals surface area (Å²) in [4.78, 5) is 8.24. The molecular weight excluding hydrogens is 520 g/mol. The van der Waals surface area contributed by atoms with Crippen LogP contribution in [0.5, 0.6) is 0 Å². The number of hydrogen-bond acceptors (Lipinski definition) is 3. The summed E-state index contributed by atoms with van der Waals surface area (Å²) in [5, 5.41) is 1.24. The first kappa shape index (κ1) is 16.4. The van der Waals surface area contributed by atoms with Crippen LogP contribution in [0, 0.1) is 7.14 Å². The standard InChI is InChI=1S/C16H16I2N3S/c1-20(2)13-7-15-11(5-9(13)17)19-12-6-10(18)14(21(3)4)8-16(12)22-15/h5-8H,1-4H3/q+1. The van der Waals surface area contributed by atoms with Gasteiger partial charge in [0.15, 0.2) is 0 Å². The predicted octanol–water partition coefficient (Wildman–Crippen LogP) is 3.71. The molecular formula is C16H16I2N3S+. The van der Waals surface area contributed by atoms with Gasteiger partial charge < -0.3 is 4.90 Å². The van der Waals surface area contributed by atoms with Crippen LogP contribution >= 0.6 is 56.5 Å². The number of benzene rings is 2. The van der Waals surface area contributed by atoms with Crippen LogP contribution in [0.25, 0.3) is 20.8 Å². The van der Waals surface area contributed by atoms with Gasteiger partial charge in [-0.25, -0.2) is 9.56 Å². The summed E-state index contributed by atoms with van der Waals surface area (Å²) in [6.07, 6.45) is 0. The van der Waals surface area contributed by atoms with Gasteiger partial charge in [-0.3, -0.25) is 0 Å². The lowest BCUT2D eigenvalue weighted by Gasteiger charge is -2.16. The van der Waals surface area contributed by atoms with E-state index >= 15 is 0 Å². The van der Waals surface area contributed by atoms with Crippen molar-refractivity contribution in [3.8, 4) is 10.6 Å². The third kappa shape index (κ3) is 2.96. The molecule has 0 spiro atoms. The Kier molecular flexibility index (Phi) is 4.61. The van der Waals surface area contributed by atoms with Crippen LogP contribution in [0.15, 0.2) is 24.3 Å². The topological polar surface area (TPSA) is 19.1 Å². The smallest absolute Gasteiger partial charge is 0.214 e. The Labute approximate surface area is 161 Å². The molecule has 1 aliphatic heterocycles. The second kappa shape index (κ2) is 6.20. The summed E-state index contributed by atoms with van der Waals surface area (Å²) >= 11 is 6.58. The molecule has 3 rings (SSSR count). The maximum Gasteiger partial charge on any atom is 0.214 e. The molecule has 1 heterocycles. The van der Waals surface area contributed by atoms with Crippen molar-refractivity contribution in [1.29, 1.82) is 0 Å². The summed E-state index contributed by atoms with van der Waals surface area (Å²) in [7, 11) is 8.31. The fourth-order valence-corrected chi connectivity index (χ4v) is 5.20. The molecule has 2 aliphatic rings. The van der Waals surface area contributed by atoms with Gasteiger partial charge in [-0.2, -0.15) is 0 Å². The van der Waals surface area contributed by atoms with Crippen LogP contribution in [0.4, 0.5) is 5.69 Å². The monoisotopic (exact) mass is 536 g/mol. The molecule has 0 bridgehead atoms.